The molecule has 2 aliphatic rings. The van der Waals surface area contributed by atoms with Crippen molar-refractivity contribution >= 4 is 0 Å². The first-order valence-corrected chi connectivity index (χ1v) is 7.48. The average Bonchev–Trinajstić information content (AvgIpc) is 2.67. The van der Waals surface area contributed by atoms with E-state index in [1.54, 1.807) is 0 Å². The topological polar surface area (TPSA) is 0 Å². The van der Waals surface area contributed by atoms with Gasteiger partial charge in [0, 0.05) is 5.92 Å². The molecule has 0 N–H and O–H groups in total. The molecule has 18 heavy (non-hydrogen) atoms. The van der Waals surface area contributed by atoms with Crippen LogP contribution in [0, 0.1) is 17.8 Å². The quantitative estimate of drug-likeness (QED) is 0.577. The Morgan fingerprint density at radius 3 is 2.61 bits per heavy atom. The highest BCUT2D eigenvalue weighted by Gasteiger charge is 2.19. The van der Waals surface area contributed by atoms with E-state index in [0.29, 0.717) is 11.8 Å². The van der Waals surface area contributed by atoms with Crippen molar-refractivity contribution in [1.29, 1.82) is 0 Å². The minimum Gasteiger partial charge on any atom is -0.0807 e. The van der Waals surface area contributed by atoms with Gasteiger partial charge in [-0.2, -0.15) is 0 Å². The lowest BCUT2D eigenvalue weighted by Gasteiger charge is -2.18. The van der Waals surface area contributed by atoms with Crippen LogP contribution in [0.3, 0.4) is 0 Å². The largest absolute Gasteiger partial charge is 0.0807 e. The second kappa shape index (κ2) is 6.22. The van der Waals surface area contributed by atoms with Crippen molar-refractivity contribution in [3.05, 3.63) is 47.6 Å². The highest BCUT2D eigenvalue weighted by atomic mass is 14.2. The van der Waals surface area contributed by atoms with Gasteiger partial charge in [-0.05, 0) is 37.2 Å². The highest BCUT2D eigenvalue weighted by Crippen LogP contribution is 2.32. The van der Waals surface area contributed by atoms with E-state index in [1.165, 1.54) is 36.8 Å². The lowest BCUT2D eigenvalue weighted by Crippen LogP contribution is -2.08. The van der Waals surface area contributed by atoms with E-state index in [-0.39, 0.29) is 0 Å². The van der Waals surface area contributed by atoms with Gasteiger partial charge < -0.3 is 0 Å². The molecule has 0 heterocycles. The maximum absolute atomic E-state index is 2.46. The standard InChI is InChI=1S/C18H26/c1-4-15(5-2)16-10-12-17-8-6-14(3)7-9-18(17)13-11-16/h6,8,10-13,15-16,18H,4-5,7,9H2,1-3H3. The van der Waals surface area contributed by atoms with Gasteiger partial charge in [-0.3, -0.25) is 0 Å². The normalized spacial score (nSPS) is 27.3. The molecule has 0 saturated heterocycles. The smallest absolute Gasteiger partial charge is 0.00211 e. The van der Waals surface area contributed by atoms with Gasteiger partial charge in [0.1, 0.15) is 0 Å². The van der Waals surface area contributed by atoms with Gasteiger partial charge in [0.15, 0.2) is 0 Å². The Morgan fingerprint density at radius 1 is 1.11 bits per heavy atom. The molecule has 98 valence electrons. The first kappa shape index (κ1) is 13.4. The average molecular weight is 242 g/mol. The highest BCUT2D eigenvalue weighted by molar-refractivity contribution is 5.35. The summed E-state index contributed by atoms with van der Waals surface area (Å²) in [7, 11) is 0. The minimum atomic E-state index is 0.634. The third-order valence-electron chi connectivity index (χ3n) is 4.51. The molecule has 0 aromatic rings. The summed E-state index contributed by atoms with van der Waals surface area (Å²) < 4.78 is 0. The molecule has 0 bridgehead atoms. The molecule has 0 saturated carbocycles. The van der Waals surface area contributed by atoms with Crippen LogP contribution in [0.4, 0.5) is 0 Å². The maximum atomic E-state index is 2.46. The summed E-state index contributed by atoms with van der Waals surface area (Å²) in [5.74, 6) is 2.07. The van der Waals surface area contributed by atoms with Crippen molar-refractivity contribution in [2.24, 2.45) is 17.8 Å². The second-order valence-electron chi connectivity index (χ2n) is 5.72. The fourth-order valence-electron chi connectivity index (χ4n) is 3.08. The molecule has 2 atom stereocenters. The van der Waals surface area contributed by atoms with Crippen molar-refractivity contribution < 1.29 is 0 Å². The molecule has 0 heteroatoms. The predicted octanol–water partition coefficient (Wildman–Crippen LogP) is 5.45. The summed E-state index contributed by atoms with van der Waals surface area (Å²) in [6.45, 7) is 6.86. The third kappa shape index (κ3) is 3.04. The van der Waals surface area contributed by atoms with E-state index in [0.717, 1.165) is 5.92 Å². The molecule has 0 fully saturated rings. The van der Waals surface area contributed by atoms with Crippen molar-refractivity contribution in [1.82, 2.24) is 0 Å². The van der Waals surface area contributed by atoms with E-state index in [2.05, 4.69) is 57.2 Å². The summed E-state index contributed by atoms with van der Waals surface area (Å²) in [6.07, 6.45) is 19.4. The number of allylic oxidation sites excluding steroid dienone is 8. The Kier molecular flexibility index (Phi) is 4.63. The predicted molar refractivity (Wildman–Crippen MR) is 80.4 cm³/mol. The zero-order chi connectivity index (χ0) is 13.0. The molecule has 2 unspecified atom stereocenters. The first-order chi connectivity index (χ1) is 8.74. The zero-order valence-electron chi connectivity index (χ0n) is 12.0. The van der Waals surface area contributed by atoms with Gasteiger partial charge in [-0.1, -0.05) is 68.7 Å². The Bertz CT molecular complexity index is 388. The van der Waals surface area contributed by atoms with Crippen molar-refractivity contribution in [3.63, 3.8) is 0 Å². The fourth-order valence-corrected chi connectivity index (χ4v) is 3.08. The monoisotopic (exact) mass is 242 g/mol. The van der Waals surface area contributed by atoms with E-state index >= 15 is 0 Å². The maximum Gasteiger partial charge on any atom is 0.00211 e. The molecule has 0 nitrogen and oxygen atoms in total. The van der Waals surface area contributed by atoms with E-state index in [4.69, 9.17) is 0 Å². The lowest BCUT2D eigenvalue weighted by atomic mass is 9.87. The Hall–Kier alpha value is -1.04. The van der Waals surface area contributed by atoms with Crippen molar-refractivity contribution in [2.45, 2.75) is 46.5 Å². The summed E-state index contributed by atoms with van der Waals surface area (Å²) in [6, 6.07) is 0. The fraction of sp³-hybridized carbons (Fsp3) is 0.556. The number of hydrogen-bond acceptors (Lipinski definition) is 0. The molecular weight excluding hydrogens is 216 g/mol. The van der Waals surface area contributed by atoms with Crippen LogP contribution in [0.5, 0.6) is 0 Å². The molecule has 0 amide bonds. The van der Waals surface area contributed by atoms with Gasteiger partial charge in [-0.25, -0.2) is 0 Å². The SMILES string of the molecule is CCC(CC)C1C=CC2=CC=C(C)CCC2C=C1. The van der Waals surface area contributed by atoms with Crippen LogP contribution in [0.1, 0.15) is 46.5 Å². The van der Waals surface area contributed by atoms with Crippen LogP contribution in [0.2, 0.25) is 0 Å². The Balaban J connectivity index is 2.20. The van der Waals surface area contributed by atoms with E-state index < -0.39 is 0 Å². The zero-order valence-corrected chi connectivity index (χ0v) is 12.0. The first-order valence-electron chi connectivity index (χ1n) is 7.48. The van der Waals surface area contributed by atoms with Gasteiger partial charge in [0.05, 0.1) is 0 Å². The molecule has 2 aliphatic carbocycles. The van der Waals surface area contributed by atoms with Crippen LogP contribution in [0.15, 0.2) is 47.6 Å². The minimum absolute atomic E-state index is 0.634. The Labute approximate surface area is 112 Å². The molecule has 0 aliphatic heterocycles. The second-order valence-corrected chi connectivity index (χ2v) is 5.72. The van der Waals surface area contributed by atoms with Gasteiger partial charge in [0.25, 0.3) is 0 Å². The molecule has 2 rings (SSSR count). The molecule has 0 aromatic heterocycles. The van der Waals surface area contributed by atoms with Crippen LogP contribution < -0.4 is 0 Å². The van der Waals surface area contributed by atoms with Gasteiger partial charge in [-0.15, -0.1) is 0 Å². The Morgan fingerprint density at radius 2 is 1.89 bits per heavy atom. The lowest BCUT2D eigenvalue weighted by molar-refractivity contribution is 0.425. The van der Waals surface area contributed by atoms with Crippen LogP contribution in [0.25, 0.3) is 0 Å². The van der Waals surface area contributed by atoms with E-state index in [1.807, 2.05) is 0 Å². The molecule has 0 aromatic carbocycles. The third-order valence-corrected chi connectivity index (χ3v) is 4.51. The summed E-state index contributed by atoms with van der Waals surface area (Å²) in [5.41, 5.74) is 3.01. The van der Waals surface area contributed by atoms with Crippen LogP contribution in [-0.2, 0) is 0 Å². The summed E-state index contributed by atoms with van der Waals surface area (Å²) >= 11 is 0. The van der Waals surface area contributed by atoms with Gasteiger partial charge >= 0.3 is 0 Å². The van der Waals surface area contributed by atoms with Gasteiger partial charge in [0.2, 0.25) is 0 Å². The molecule has 0 radical (unpaired) electrons. The number of hydrogen-bond donors (Lipinski definition) is 0. The number of rotatable bonds is 3. The molecule has 0 spiro atoms. The van der Waals surface area contributed by atoms with Crippen molar-refractivity contribution in [3.8, 4) is 0 Å². The van der Waals surface area contributed by atoms with E-state index in [9.17, 15) is 0 Å². The summed E-state index contributed by atoms with van der Waals surface area (Å²) in [5, 5.41) is 0. The molecular formula is C18H26. The van der Waals surface area contributed by atoms with Crippen molar-refractivity contribution in [2.75, 3.05) is 0 Å². The number of fused-ring (bicyclic) bond motifs is 1. The van der Waals surface area contributed by atoms with Crippen LogP contribution >= 0.6 is 0 Å². The summed E-state index contributed by atoms with van der Waals surface area (Å²) in [4.78, 5) is 0. The van der Waals surface area contributed by atoms with Crippen LogP contribution in [-0.4, -0.2) is 0 Å².